The second kappa shape index (κ2) is 9.00. The fraction of sp³-hybridized carbons (Fsp3) is 0.154. The number of carbonyl (C=O) groups is 2. The van der Waals surface area contributed by atoms with Crippen LogP contribution in [0.3, 0.4) is 0 Å². The number of ether oxygens (including phenoxy) is 2. The highest BCUT2D eigenvalue weighted by Gasteiger charge is 2.48. The Morgan fingerprint density at radius 1 is 0.970 bits per heavy atom. The van der Waals surface area contributed by atoms with Gasteiger partial charge in [-0.2, -0.15) is 0 Å². The molecule has 1 heterocycles. The number of hydrogen-bond acceptors (Lipinski definition) is 5. The van der Waals surface area contributed by atoms with Crippen LogP contribution in [0.5, 0.6) is 11.5 Å². The fourth-order valence-electron chi connectivity index (χ4n) is 3.98. The topological polar surface area (TPSA) is 76.1 Å². The maximum absolute atomic E-state index is 13.3. The molecule has 6 nitrogen and oxygen atoms in total. The van der Waals surface area contributed by atoms with Gasteiger partial charge in [-0.3, -0.25) is 14.5 Å². The maximum atomic E-state index is 13.3. The third-order valence-electron chi connectivity index (χ3n) is 5.64. The van der Waals surface area contributed by atoms with E-state index in [2.05, 4.69) is 0 Å². The number of nitrogens with zero attached hydrogens (tertiary/aromatic N) is 1. The monoisotopic (exact) mass is 463 g/mol. The van der Waals surface area contributed by atoms with Gasteiger partial charge in [0, 0.05) is 21.8 Å². The van der Waals surface area contributed by atoms with Crippen molar-refractivity contribution in [3.05, 3.63) is 94.0 Å². The number of hydrogen-bond donors (Lipinski definition) is 1. The minimum absolute atomic E-state index is 0.0367. The highest BCUT2D eigenvalue weighted by atomic mass is 35.5. The second-order valence-electron chi connectivity index (χ2n) is 7.58. The van der Waals surface area contributed by atoms with E-state index in [1.165, 1.54) is 19.1 Å². The molecular weight excluding hydrogens is 442 g/mol. The Morgan fingerprint density at radius 2 is 1.70 bits per heavy atom. The Bertz CT molecular complexity index is 1270. The molecule has 1 atom stereocenters. The summed E-state index contributed by atoms with van der Waals surface area (Å²) >= 11 is 6.20. The largest absolute Gasteiger partial charge is 0.507 e. The summed E-state index contributed by atoms with van der Waals surface area (Å²) in [6.45, 7) is 1.81. The first-order valence-electron chi connectivity index (χ1n) is 10.2. The molecule has 1 aliphatic heterocycles. The molecule has 1 aliphatic rings. The molecule has 7 heteroatoms. The van der Waals surface area contributed by atoms with Gasteiger partial charge in [0.2, 0.25) is 0 Å². The lowest BCUT2D eigenvalue weighted by molar-refractivity contribution is -0.132. The number of methoxy groups -OCH3 is 2. The summed E-state index contributed by atoms with van der Waals surface area (Å²) in [6.07, 6.45) is 0. The lowest BCUT2D eigenvalue weighted by Gasteiger charge is -2.27. The van der Waals surface area contributed by atoms with Gasteiger partial charge >= 0.3 is 0 Å². The molecule has 4 rings (SSSR count). The molecular formula is C26H22ClNO5. The number of ketones is 1. The van der Waals surface area contributed by atoms with E-state index in [-0.39, 0.29) is 11.3 Å². The van der Waals surface area contributed by atoms with Crippen LogP contribution in [0.4, 0.5) is 5.69 Å². The van der Waals surface area contributed by atoms with Crippen molar-refractivity contribution in [1.29, 1.82) is 0 Å². The molecule has 0 saturated carbocycles. The van der Waals surface area contributed by atoms with E-state index >= 15 is 0 Å². The zero-order chi connectivity index (χ0) is 23.7. The Morgan fingerprint density at radius 3 is 2.33 bits per heavy atom. The number of aliphatic hydroxyl groups is 1. The molecule has 1 saturated heterocycles. The van der Waals surface area contributed by atoms with Gasteiger partial charge in [-0.1, -0.05) is 41.9 Å². The Hall–Kier alpha value is -3.77. The zero-order valence-corrected chi connectivity index (χ0v) is 19.1. The van der Waals surface area contributed by atoms with Gasteiger partial charge in [0.25, 0.3) is 11.7 Å². The molecule has 0 aromatic heterocycles. The molecule has 1 N–H and O–H groups in total. The minimum Gasteiger partial charge on any atom is -0.507 e. The predicted octanol–water partition coefficient (Wildman–Crippen LogP) is 5.29. The van der Waals surface area contributed by atoms with E-state index in [0.717, 1.165) is 5.56 Å². The first-order valence-corrected chi connectivity index (χ1v) is 10.6. The predicted molar refractivity (Wildman–Crippen MR) is 127 cm³/mol. The number of halogens is 1. The molecule has 3 aromatic rings. The molecule has 168 valence electrons. The zero-order valence-electron chi connectivity index (χ0n) is 18.3. The van der Waals surface area contributed by atoms with Crippen LogP contribution in [0.2, 0.25) is 5.02 Å². The van der Waals surface area contributed by atoms with Crippen LogP contribution in [0.25, 0.3) is 5.76 Å². The Kier molecular flexibility index (Phi) is 6.11. The highest BCUT2D eigenvalue weighted by Crippen LogP contribution is 2.46. The van der Waals surface area contributed by atoms with Gasteiger partial charge in [0.05, 0.1) is 25.8 Å². The first-order chi connectivity index (χ1) is 15.9. The number of carbonyl (C=O) groups excluding carboxylic acids is 2. The summed E-state index contributed by atoms with van der Waals surface area (Å²) in [5.74, 6) is -0.861. The number of aryl methyl sites for hydroxylation is 1. The van der Waals surface area contributed by atoms with Gasteiger partial charge < -0.3 is 14.6 Å². The average Bonchev–Trinajstić information content (AvgIpc) is 3.10. The SMILES string of the molecule is COc1ccc(OC)c(C2/C(=C(\O)c3ccccc3)C(=O)C(=O)N2c2ccc(Cl)c(C)c2)c1. The lowest BCUT2D eigenvalue weighted by atomic mass is 9.94. The minimum atomic E-state index is -0.948. The fourth-order valence-corrected chi connectivity index (χ4v) is 4.09. The van der Waals surface area contributed by atoms with E-state index in [4.69, 9.17) is 21.1 Å². The molecule has 1 fully saturated rings. The van der Waals surface area contributed by atoms with Crippen LogP contribution in [-0.4, -0.2) is 31.0 Å². The molecule has 0 aliphatic carbocycles. The van der Waals surface area contributed by atoms with Crippen LogP contribution in [0.15, 0.2) is 72.3 Å². The second-order valence-corrected chi connectivity index (χ2v) is 7.98. The van der Waals surface area contributed by atoms with E-state index in [1.54, 1.807) is 66.7 Å². The summed E-state index contributed by atoms with van der Waals surface area (Å²) in [5, 5.41) is 11.7. The van der Waals surface area contributed by atoms with Crippen molar-refractivity contribution in [3.63, 3.8) is 0 Å². The van der Waals surface area contributed by atoms with Gasteiger partial charge in [-0.05, 0) is 48.9 Å². The van der Waals surface area contributed by atoms with Gasteiger partial charge in [-0.25, -0.2) is 0 Å². The van der Waals surface area contributed by atoms with E-state index in [1.807, 2.05) is 6.92 Å². The normalized spacial score (nSPS) is 17.3. The van der Waals surface area contributed by atoms with Crippen molar-refractivity contribution in [2.45, 2.75) is 13.0 Å². The van der Waals surface area contributed by atoms with Crippen molar-refractivity contribution < 1.29 is 24.2 Å². The molecule has 0 bridgehead atoms. The van der Waals surface area contributed by atoms with Crippen molar-refractivity contribution in [2.24, 2.45) is 0 Å². The van der Waals surface area contributed by atoms with E-state index < -0.39 is 17.7 Å². The van der Waals surface area contributed by atoms with Crippen molar-refractivity contribution in [2.75, 3.05) is 19.1 Å². The summed E-state index contributed by atoms with van der Waals surface area (Å²) in [6, 6.07) is 17.9. The number of benzene rings is 3. The number of amides is 1. The summed E-state index contributed by atoms with van der Waals surface area (Å²) < 4.78 is 10.9. The van der Waals surface area contributed by atoms with Crippen LogP contribution >= 0.6 is 11.6 Å². The van der Waals surface area contributed by atoms with Crippen LogP contribution in [-0.2, 0) is 9.59 Å². The maximum Gasteiger partial charge on any atom is 0.300 e. The van der Waals surface area contributed by atoms with Crippen molar-refractivity contribution in [3.8, 4) is 11.5 Å². The summed E-state index contributed by atoms with van der Waals surface area (Å²) in [4.78, 5) is 28.0. The number of rotatable bonds is 5. The van der Waals surface area contributed by atoms with Gasteiger partial charge in [0.1, 0.15) is 17.3 Å². The standard InChI is InChI=1S/C26H22ClNO5/c1-15-13-17(9-11-20(15)27)28-23(19-14-18(32-2)10-12-21(19)33-3)22(25(30)26(28)31)24(29)16-7-5-4-6-8-16/h4-14,23,29H,1-3H3/b24-22+. The van der Waals surface area contributed by atoms with Crippen LogP contribution < -0.4 is 14.4 Å². The lowest BCUT2D eigenvalue weighted by Crippen LogP contribution is -2.29. The van der Waals surface area contributed by atoms with Gasteiger partial charge in [-0.15, -0.1) is 0 Å². The molecule has 0 spiro atoms. The van der Waals surface area contributed by atoms with Crippen molar-refractivity contribution in [1.82, 2.24) is 0 Å². The average molecular weight is 464 g/mol. The highest BCUT2D eigenvalue weighted by molar-refractivity contribution is 6.51. The number of anilines is 1. The third-order valence-corrected chi connectivity index (χ3v) is 6.07. The van der Waals surface area contributed by atoms with E-state index in [9.17, 15) is 14.7 Å². The molecule has 0 radical (unpaired) electrons. The first kappa shape index (κ1) is 22.4. The molecule has 33 heavy (non-hydrogen) atoms. The van der Waals surface area contributed by atoms with Crippen LogP contribution in [0, 0.1) is 6.92 Å². The van der Waals surface area contributed by atoms with Crippen molar-refractivity contribution >= 4 is 34.7 Å². The summed E-state index contributed by atoms with van der Waals surface area (Å²) in [5.41, 5.74) is 2.11. The number of aliphatic hydroxyl groups excluding tert-OH is 1. The molecule has 3 aromatic carbocycles. The summed E-state index contributed by atoms with van der Waals surface area (Å²) in [7, 11) is 3.02. The van der Waals surface area contributed by atoms with E-state index in [0.29, 0.717) is 33.3 Å². The Balaban J connectivity index is 2.02. The smallest absolute Gasteiger partial charge is 0.300 e. The van der Waals surface area contributed by atoms with Gasteiger partial charge in [0.15, 0.2) is 0 Å². The third kappa shape index (κ3) is 3.94. The molecule has 1 unspecified atom stereocenters. The molecule has 1 amide bonds. The quantitative estimate of drug-likeness (QED) is 0.316. The number of Topliss-reactive ketones (excluding diaryl/α,β-unsaturated/α-hetero) is 1. The van der Waals surface area contributed by atoms with Crippen LogP contribution in [0.1, 0.15) is 22.7 Å². The Labute approximate surface area is 196 Å².